The molecule has 0 spiro atoms. The van der Waals surface area contributed by atoms with Crippen molar-refractivity contribution in [3.05, 3.63) is 60.2 Å². The summed E-state index contributed by atoms with van der Waals surface area (Å²) in [6.45, 7) is 0. The molecule has 0 saturated carbocycles. The molecule has 2 rings (SSSR count). The summed E-state index contributed by atoms with van der Waals surface area (Å²) in [4.78, 5) is 12.7. The van der Waals surface area contributed by atoms with E-state index in [4.69, 9.17) is 0 Å². The lowest BCUT2D eigenvalue weighted by Crippen LogP contribution is -1.93. The Morgan fingerprint density at radius 2 is 1.56 bits per heavy atom. The van der Waals surface area contributed by atoms with E-state index in [1.807, 2.05) is 30.3 Å². The predicted molar refractivity (Wildman–Crippen MR) is 64.7 cm³/mol. The molecule has 2 aromatic carbocycles. The molecule has 0 amide bonds. The summed E-state index contributed by atoms with van der Waals surface area (Å²) in [5.74, 6) is 0.0240. The zero-order chi connectivity index (χ0) is 11.4. The van der Waals surface area contributed by atoms with Gasteiger partial charge in [0.05, 0.1) is 5.56 Å². The molecule has 0 aliphatic heterocycles. The monoisotopic (exact) mass is 230 g/mol. The molecule has 0 aliphatic rings. The Morgan fingerprint density at radius 3 is 2.25 bits per heavy atom. The number of hydrogen-bond donors (Lipinski definition) is 1. The van der Waals surface area contributed by atoms with Gasteiger partial charge < -0.3 is 5.11 Å². The first-order chi connectivity index (χ1) is 7.77. The van der Waals surface area contributed by atoms with Crippen LogP contribution in [0.5, 0.6) is 5.75 Å². The van der Waals surface area contributed by atoms with Crippen LogP contribution >= 0.6 is 11.8 Å². The molecule has 2 nitrogen and oxygen atoms in total. The van der Waals surface area contributed by atoms with Gasteiger partial charge in [0.2, 0.25) is 5.12 Å². The highest BCUT2D eigenvalue weighted by molar-refractivity contribution is 8.14. The molecule has 0 radical (unpaired) electrons. The minimum Gasteiger partial charge on any atom is -0.507 e. The molecule has 0 bridgehead atoms. The molecular weight excluding hydrogens is 220 g/mol. The van der Waals surface area contributed by atoms with E-state index in [-0.39, 0.29) is 10.9 Å². The van der Waals surface area contributed by atoms with E-state index < -0.39 is 0 Å². The Kier molecular flexibility index (Phi) is 3.27. The minimum atomic E-state index is -0.149. The first-order valence-electron chi connectivity index (χ1n) is 4.82. The molecule has 2 aromatic rings. The quantitative estimate of drug-likeness (QED) is 0.804. The lowest BCUT2D eigenvalue weighted by Gasteiger charge is -2.02. The van der Waals surface area contributed by atoms with Gasteiger partial charge in [-0.15, -0.1) is 0 Å². The molecule has 0 heterocycles. The zero-order valence-corrected chi connectivity index (χ0v) is 9.28. The Bertz CT molecular complexity index is 494. The van der Waals surface area contributed by atoms with Crippen molar-refractivity contribution in [3.63, 3.8) is 0 Å². The normalized spacial score (nSPS) is 10.0. The number of hydrogen-bond acceptors (Lipinski definition) is 3. The molecule has 0 aromatic heterocycles. The fraction of sp³-hybridized carbons (Fsp3) is 0. The number of carbonyl (C=O) groups is 1. The second-order valence-electron chi connectivity index (χ2n) is 3.22. The molecule has 1 N–H and O–H groups in total. The number of benzene rings is 2. The van der Waals surface area contributed by atoms with Crippen molar-refractivity contribution < 1.29 is 9.90 Å². The van der Waals surface area contributed by atoms with Crippen LogP contribution in [0.2, 0.25) is 0 Å². The van der Waals surface area contributed by atoms with Gasteiger partial charge >= 0.3 is 0 Å². The summed E-state index contributed by atoms with van der Waals surface area (Å²) in [7, 11) is 0. The van der Waals surface area contributed by atoms with Gasteiger partial charge in [0.25, 0.3) is 0 Å². The van der Waals surface area contributed by atoms with Crippen molar-refractivity contribution in [2.45, 2.75) is 4.90 Å². The van der Waals surface area contributed by atoms with Gasteiger partial charge in [0.1, 0.15) is 5.75 Å². The topological polar surface area (TPSA) is 37.3 Å². The van der Waals surface area contributed by atoms with E-state index in [0.717, 1.165) is 16.7 Å². The van der Waals surface area contributed by atoms with Crippen LogP contribution in [-0.4, -0.2) is 10.2 Å². The molecule has 0 saturated heterocycles. The van der Waals surface area contributed by atoms with Crippen molar-refractivity contribution in [1.82, 2.24) is 0 Å². The van der Waals surface area contributed by atoms with Crippen LogP contribution in [0.1, 0.15) is 10.4 Å². The number of para-hydroxylation sites is 1. The van der Waals surface area contributed by atoms with E-state index in [9.17, 15) is 9.90 Å². The third kappa shape index (κ3) is 2.44. The molecule has 0 fully saturated rings. The number of carbonyl (C=O) groups excluding carboxylic acids is 1. The highest BCUT2D eigenvalue weighted by Gasteiger charge is 2.11. The van der Waals surface area contributed by atoms with Crippen LogP contribution in [0.3, 0.4) is 0 Å². The summed E-state index contributed by atoms with van der Waals surface area (Å²) in [6.07, 6.45) is 0. The maximum Gasteiger partial charge on any atom is 0.227 e. The van der Waals surface area contributed by atoms with Crippen molar-refractivity contribution in [2.24, 2.45) is 0 Å². The second-order valence-corrected chi connectivity index (χ2v) is 4.27. The fourth-order valence-electron chi connectivity index (χ4n) is 1.30. The van der Waals surface area contributed by atoms with Gasteiger partial charge in [-0.05, 0) is 36.0 Å². The standard InChI is InChI=1S/C13H10O2S/c14-12-9-5-4-8-11(12)13(15)16-10-6-2-1-3-7-10/h1-9,14H. The maximum absolute atomic E-state index is 11.8. The number of phenols is 1. The van der Waals surface area contributed by atoms with Gasteiger partial charge in [0.15, 0.2) is 0 Å². The number of thioether (sulfide) groups is 1. The first kappa shape index (κ1) is 10.8. The van der Waals surface area contributed by atoms with Crippen LogP contribution in [0.15, 0.2) is 59.5 Å². The van der Waals surface area contributed by atoms with Crippen LogP contribution in [0.25, 0.3) is 0 Å². The number of rotatable bonds is 2. The van der Waals surface area contributed by atoms with E-state index in [1.54, 1.807) is 18.2 Å². The largest absolute Gasteiger partial charge is 0.507 e. The first-order valence-corrected chi connectivity index (χ1v) is 5.64. The summed E-state index contributed by atoms with van der Waals surface area (Å²) < 4.78 is 0. The lowest BCUT2D eigenvalue weighted by molar-refractivity contribution is 0.108. The van der Waals surface area contributed by atoms with Crippen molar-refractivity contribution in [2.75, 3.05) is 0 Å². The maximum atomic E-state index is 11.8. The minimum absolute atomic E-state index is 0.0240. The summed E-state index contributed by atoms with van der Waals surface area (Å²) in [5.41, 5.74) is 0.344. The summed E-state index contributed by atoms with van der Waals surface area (Å²) in [5, 5.41) is 9.38. The number of phenolic OH excluding ortho intramolecular Hbond substituents is 1. The van der Waals surface area contributed by atoms with Gasteiger partial charge in [-0.2, -0.15) is 0 Å². The van der Waals surface area contributed by atoms with Crippen molar-refractivity contribution in [3.8, 4) is 5.75 Å². The van der Waals surface area contributed by atoms with Gasteiger partial charge in [-0.3, -0.25) is 4.79 Å². The van der Waals surface area contributed by atoms with E-state index >= 15 is 0 Å². The zero-order valence-electron chi connectivity index (χ0n) is 8.46. The Balaban J connectivity index is 2.19. The molecule has 80 valence electrons. The summed E-state index contributed by atoms with van der Waals surface area (Å²) in [6, 6.07) is 15.9. The van der Waals surface area contributed by atoms with E-state index in [2.05, 4.69) is 0 Å². The van der Waals surface area contributed by atoms with Crippen molar-refractivity contribution >= 4 is 16.9 Å². The van der Waals surface area contributed by atoms with Crippen LogP contribution in [0, 0.1) is 0 Å². The summed E-state index contributed by atoms with van der Waals surface area (Å²) >= 11 is 1.11. The predicted octanol–water partition coefficient (Wildman–Crippen LogP) is 3.32. The molecule has 0 aliphatic carbocycles. The highest BCUT2D eigenvalue weighted by Crippen LogP contribution is 2.26. The second kappa shape index (κ2) is 4.86. The van der Waals surface area contributed by atoms with Gasteiger partial charge in [0, 0.05) is 4.90 Å². The van der Waals surface area contributed by atoms with Crippen LogP contribution in [-0.2, 0) is 0 Å². The molecule has 0 atom stereocenters. The molecule has 16 heavy (non-hydrogen) atoms. The Labute approximate surface area is 97.9 Å². The Morgan fingerprint density at radius 1 is 0.938 bits per heavy atom. The average Bonchev–Trinajstić information content (AvgIpc) is 2.31. The highest BCUT2D eigenvalue weighted by atomic mass is 32.2. The van der Waals surface area contributed by atoms with Gasteiger partial charge in [-0.1, -0.05) is 30.3 Å². The Hall–Kier alpha value is -1.74. The molecular formula is C13H10O2S. The number of aromatic hydroxyl groups is 1. The average molecular weight is 230 g/mol. The van der Waals surface area contributed by atoms with Gasteiger partial charge in [-0.25, -0.2) is 0 Å². The van der Waals surface area contributed by atoms with E-state index in [1.165, 1.54) is 6.07 Å². The molecule has 3 heteroatoms. The third-order valence-corrected chi connectivity index (χ3v) is 2.99. The van der Waals surface area contributed by atoms with Crippen LogP contribution < -0.4 is 0 Å². The molecule has 0 unspecified atom stereocenters. The van der Waals surface area contributed by atoms with Crippen molar-refractivity contribution in [1.29, 1.82) is 0 Å². The third-order valence-electron chi connectivity index (χ3n) is 2.08. The lowest BCUT2D eigenvalue weighted by atomic mass is 10.2. The SMILES string of the molecule is O=C(Sc1ccccc1)c1ccccc1O. The fourth-order valence-corrected chi connectivity index (χ4v) is 2.09. The smallest absolute Gasteiger partial charge is 0.227 e. The van der Waals surface area contributed by atoms with Crippen LogP contribution in [0.4, 0.5) is 0 Å². The van der Waals surface area contributed by atoms with E-state index in [0.29, 0.717) is 5.56 Å².